The molecule has 1 aromatic rings. The second-order valence-corrected chi connectivity index (χ2v) is 4.70. The van der Waals surface area contributed by atoms with Crippen LogP contribution >= 0.6 is 11.6 Å². The summed E-state index contributed by atoms with van der Waals surface area (Å²) in [5.41, 5.74) is 1.35. The molecule has 1 aliphatic heterocycles. The van der Waals surface area contributed by atoms with Gasteiger partial charge < -0.3 is 15.4 Å². The van der Waals surface area contributed by atoms with E-state index in [-0.39, 0.29) is 12.0 Å². The van der Waals surface area contributed by atoms with Gasteiger partial charge in [-0.1, -0.05) is 11.6 Å². The van der Waals surface area contributed by atoms with Crippen molar-refractivity contribution in [2.45, 2.75) is 18.9 Å². The molecule has 2 rings (SSSR count). The Bertz CT molecular complexity index is 431. The maximum Gasteiger partial charge on any atom is 0.252 e. The molecule has 0 bridgehead atoms. The third-order valence-corrected chi connectivity index (χ3v) is 3.34. The number of halogens is 1. The highest BCUT2D eigenvalue weighted by molar-refractivity contribution is 6.34. The summed E-state index contributed by atoms with van der Waals surface area (Å²) in [6.07, 6.45) is 2.21. The van der Waals surface area contributed by atoms with Crippen LogP contribution in [-0.4, -0.2) is 32.2 Å². The summed E-state index contributed by atoms with van der Waals surface area (Å²) in [5, 5.41) is 6.30. The van der Waals surface area contributed by atoms with Crippen molar-refractivity contribution in [3.63, 3.8) is 0 Å². The van der Waals surface area contributed by atoms with Gasteiger partial charge in [0.25, 0.3) is 5.91 Å². The first-order valence-corrected chi connectivity index (χ1v) is 6.45. The van der Waals surface area contributed by atoms with E-state index in [0.29, 0.717) is 17.1 Å². The molecule has 5 heteroatoms. The molecule has 0 unspecified atom stereocenters. The summed E-state index contributed by atoms with van der Waals surface area (Å²) in [6, 6.07) is 5.29. The monoisotopic (exact) mass is 268 g/mol. The number of hydrogen-bond donors (Lipinski definition) is 2. The second-order valence-electron chi connectivity index (χ2n) is 4.29. The molecule has 1 saturated heterocycles. The molecule has 0 aliphatic carbocycles. The average molecular weight is 269 g/mol. The Morgan fingerprint density at radius 1 is 1.56 bits per heavy atom. The van der Waals surface area contributed by atoms with Crippen LogP contribution in [-0.2, 0) is 4.74 Å². The highest BCUT2D eigenvalue weighted by Crippen LogP contribution is 2.20. The van der Waals surface area contributed by atoms with Crippen LogP contribution in [0.25, 0.3) is 0 Å². The van der Waals surface area contributed by atoms with Crippen molar-refractivity contribution in [1.29, 1.82) is 0 Å². The van der Waals surface area contributed by atoms with Crippen LogP contribution in [0.5, 0.6) is 0 Å². The van der Waals surface area contributed by atoms with Crippen molar-refractivity contribution in [3.05, 3.63) is 28.8 Å². The lowest BCUT2D eigenvalue weighted by atomic mass is 10.1. The molecule has 1 fully saturated rings. The summed E-state index contributed by atoms with van der Waals surface area (Å²) in [5.74, 6) is -0.160. The highest BCUT2D eigenvalue weighted by atomic mass is 35.5. The quantitative estimate of drug-likeness (QED) is 0.881. The van der Waals surface area contributed by atoms with Crippen LogP contribution in [0.4, 0.5) is 5.69 Å². The second kappa shape index (κ2) is 6.07. The van der Waals surface area contributed by atoms with Gasteiger partial charge in [-0.15, -0.1) is 0 Å². The first kappa shape index (κ1) is 13.2. The number of hydrogen-bond acceptors (Lipinski definition) is 3. The molecule has 4 nitrogen and oxygen atoms in total. The summed E-state index contributed by atoms with van der Waals surface area (Å²) in [4.78, 5) is 12.0. The minimum Gasteiger partial charge on any atom is -0.388 e. The molecule has 98 valence electrons. The molecule has 0 spiro atoms. The van der Waals surface area contributed by atoms with Gasteiger partial charge in [0, 0.05) is 25.9 Å². The smallest absolute Gasteiger partial charge is 0.252 e. The Morgan fingerprint density at radius 3 is 3.06 bits per heavy atom. The van der Waals surface area contributed by atoms with Crippen molar-refractivity contribution < 1.29 is 9.53 Å². The molecule has 18 heavy (non-hydrogen) atoms. The number of ether oxygens (including phenoxy) is 1. The largest absolute Gasteiger partial charge is 0.388 e. The van der Waals surface area contributed by atoms with Crippen molar-refractivity contribution >= 4 is 23.2 Å². The molecule has 1 aliphatic rings. The van der Waals surface area contributed by atoms with Crippen LogP contribution in [0.15, 0.2) is 18.2 Å². The molecule has 0 aromatic heterocycles. The van der Waals surface area contributed by atoms with E-state index in [9.17, 15) is 4.79 Å². The molecule has 1 atom stereocenters. The van der Waals surface area contributed by atoms with Crippen LogP contribution in [0.2, 0.25) is 5.02 Å². The number of amides is 1. The molecule has 1 aromatic carbocycles. The Kier molecular flexibility index (Phi) is 4.44. The van der Waals surface area contributed by atoms with Gasteiger partial charge in [-0.25, -0.2) is 0 Å². The number of carbonyl (C=O) groups excluding carboxylic acids is 1. The van der Waals surface area contributed by atoms with Gasteiger partial charge in [-0.05, 0) is 31.0 Å². The van der Waals surface area contributed by atoms with E-state index in [1.54, 1.807) is 19.2 Å². The molecule has 1 amide bonds. The van der Waals surface area contributed by atoms with Crippen LogP contribution in [0.1, 0.15) is 23.2 Å². The molecular formula is C13H17ClN2O2. The minimum atomic E-state index is -0.160. The molecule has 2 N–H and O–H groups in total. The Labute approximate surface area is 112 Å². The van der Waals surface area contributed by atoms with E-state index in [4.69, 9.17) is 16.3 Å². The van der Waals surface area contributed by atoms with Gasteiger partial charge >= 0.3 is 0 Å². The van der Waals surface area contributed by atoms with Crippen molar-refractivity contribution in [3.8, 4) is 0 Å². The van der Waals surface area contributed by atoms with Gasteiger partial charge in [-0.2, -0.15) is 0 Å². The first-order valence-electron chi connectivity index (χ1n) is 6.08. The summed E-state index contributed by atoms with van der Waals surface area (Å²) < 4.78 is 5.45. The van der Waals surface area contributed by atoms with E-state index in [1.165, 1.54) is 0 Å². The Morgan fingerprint density at radius 2 is 2.39 bits per heavy atom. The van der Waals surface area contributed by atoms with Crippen LogP contribution in [0.3, 0.4) is 0 Å². The van der Waals surface area contributed by atoms with Gasteiger partial charge in [0.15, 0.2) is 0 Å². The predicted molar refractivity (Wildman–Crippen MR) is 72.3 cm³/mol. The fourth-order valence-corrected chi connectivity index (χ4v) is 2.17. The van der Waals surface area contributed by atoms with E-state index < -0.39 is 0 Å². The highest BCUT2D eigenvalue weighted by Gasteiger charge is 2.17. The fourth-order valence-electron chi connectivity index (χ4n) is 1.96. The third-order valence-electron chi connectivity index (χ3n) is 3.01. The topological polar surface area (TPSA) is 50.4 Å². The van der Waals surface area contributed by atoms with E-state index in [0.717, 1.165) is 25.1 Å². The number of carbonyl (C=O) groups is 1. The van der Waals surface area contributed by atoms with E-state index in [1.807, 2.05) is 6.07 Å². The van der Waals surface area contributed by atoms with Crippen molar-refractivity contribution in [2.24, 2.45) is 0 Å². The lowest BCUT2D eigenvalue weighted by Gasteiger charge is -2.12. The predicted octanol–water partition coefficient (Wildman–Crippen LogP) is 2.29. The SMILES string of the molecule is CNc1ccc(Cl)c(C(=O)NC[C@@H]2CCCO2)c1. The van der Waals surface area contributed by atoms with Crippen molar-refractivity contribution in [1.82, 2.24) is 5.32 Å². The number of anilines is 1. The standard InChI is InChI=1S/C13H17ClN2O2/c1-15-9-4-5-12(14)11(7-9)13(17)16-8-10-3-2-6-18-10/h4-5,7,10,15H,2-3,6,8H2,1H3,(H,16,17)/t10-/m0/s1. The minimum absolute atomic E-state index is 0.139. The molecule has 0 saturated carbocycles. The normalized spacial score (nSPS) is 18.7. The zero-order valence-electron chi connectivity index (χ0n) is 10.3. The number of benzene rings is 1. The summed E-state index contributed by atoms with van der Waals surface area (Å²) in [7, 11) is 1.80. The van der Waals surface area contributed by atoms with Gasteiger partial charge in [0.2, 0.25) is 0 Å². The maximum atomic E-state index is 12.0. The number of rotatable bonds is 4. The zero-order valence-corrected chi connectivity index (χ0v) is 11.1. The maximum absolute atomic E-state index is 12.0. The summed E-state index contributed by atoms with van der Waals surface area (Å²) in [6.45, 7) is 1.33. The average Bonchev–Trinajstić information content (AvgIpc) is 2.89. The van der Waals surface area contributed by atoms with Crippen LogP contribution in [0, 0.1) is 0 Å². The van der Waals surface area contributed by atoms with Gasteiger partial charge in [0.05, 0.1) is 16.7 Å². The van der Waals surface area contributed by atoms with Gasteiger partial charge in [-0.3, -0.25) is 4.79 Å². The van der Waals surface area contributed by atoms with E-state index in [2.05, 4.69) is 10.6 Å². The van der Waals surface area contributed by atoms with Crippen LogP contribution < -0.4 is 10.6 Å². The third kappa shape index (κ3) is 3.15. The van der Waals surface area contributed by atoms with Gasteiger partial charge in [0.1, 0.15) is 0 Å². The van der Waals surface area contributed by atoms with E-state index >= 15 is 0 Å². The summed E-state index contributed by atoms with van der Waals surface area (Å²) >= 11 is 6.02. The lowest BCUT2D eigenvalue weighted by molar-refractivity contribution is 0.0858. The Balaban J connectivity index is 1.98. The first-order chi connectivity index (χ1) is 8.70. The van der Waals surface area contributed by atoms with Crippen molar-refractivity contribution in [2.75, 3.05) is 25.5 Å². The lowest BCUT2D eigenvalue weighted by Crippen LogP contribution is -2.31. The fraction of sp³-hybridized carbons (Fsp3) is 0.462. The number of nitrogens with one attached hydrogen (secondary N) is 2. The molecule has 1 heterocycles. The molecule has 0 radical (unpaired) electrons. The Hall–Kier alpha value is -1.26. The molecular weight excluding hydrogens is 252 g/mol. The zero-order chi connectivity index (χ0) is 13.0.